The van der Waals surface area contributed by atoms with E-state index in [1.54, 1.807) is 18.1 Å². The van der Waals surface area contributed by atoms with Gasteiger partial charge in [0.15, 0.2) is 0 Å². The smallest absolute Gasteiger partial charge is 0.410 e. The summed E-state index contributed by atoms with van der Waals surface area (Å²) >= 11 is 0. The minimum absolute atomic E-state index is 0.241. The predicted octanol–water partition coefficient (Wildman–Crippen LogP) is 2.12. The van der Waals surface area contributed by atoms with Gasteiger partial charge in [-0.1, -0.05) is 0 Å². The number of carbonyl (C=O) groups is 1. The molecule has 0 saturated carbocycles. The first kappa shape index (κ1) is 16.7. The van der Waals surface area contributed by atoms with Crippen LogP contribution in [0.5, 0.6) is 5.75 Å². The summed E-state index contributed by atoms with van der Waals surface area (Å²) in [6.45, 7) is 7.95. The Labute approximate surface area is 142 Å². The Kier molecular flexibility index (Phi) is 4.19. The molecular formula is C17H26N4O3. The number of likely N-dealkylation sites (tertiary alicyclic amines) is 1. The summed E-state index contributed by atoms with van der Waals surface area (Å²) in [7, 11) is 1.62. The van der Waals surface area contributed by atoms with Gasteiger partial charge in [-0.25, -0.2) is 9.78 Å². The van der Waals surface area contributed by atoms with Gasteiger partial charge < -0.3 is 25.0 Å². The van der Waals surface area contributed by atoms with Crippen LogP contribution in [0.2, 0.25) is 0 Å². The van der Waals surface area contributed by atoms with Crippen LogP contribution >= 0.6 is 0 Å². The average molecular weight is 334 g/mol. The van der Waals surface area contributed by atoms with Gasteiger partial charge in [0, 0.05) is 37.7 Å². The van der Waals surface area contributed by atoms with E-state index in [0.29, 0.717) is 24.0 Å². The number of carbonyl (C=O) groups excluding carboxylic acids is 1. The molecule has 3 rings (SSSR count). The number of nitrogen functional groups attached to an aromatic ring is 1. The van der Waals surface area contributed by atoms with Crippen molar-refractivity contribution < 1.29 is 14.3 Å². The van der Waals surface area contributed by atoms with Crippen LogP contribution in [0.25, 0.3) is 0 Å². The van der Waals surface area contributed by atoms with E-state index in [0.717, 1.165) is 25.3 Å². The maximum Gasteiger partial charge on any atom is 0.410 e. The van der Waals surface area contributed by atoms with Gasteiger partial charge >= 0.3 is 6.09 Å². The predicted molar refractivity (Wildman–Crippen MR) is 92.2 cm³/mol. The van der Waals surface area contributed by atoms with Crippen molar-refractivity contribution >= 4 is 17.7 Å². The zero-order valence-electron chi connectivity index (χ0n) is 14.8. The second-order valence-electron chi connectivity index (χ2n) is 7.48. The molecule has 0 spiro atoms. The molecule has 2 N–H and O–H groups in total. The zero-order valence-corrected chi connectivity index (χ0v) is 14.8. The third-order valence-electron chi connectivity index (χ3n) is 4.53. The number of methoxy groups -OCH3 is 1. The lowest BCUT2D eigenvalue weighted by Gasteiger charge is -2.28. The van der Waals surface area contributed by atoms with Gasteiger partial charge in [-0.3, -0.25) is 0 Å². The molecule has 2 atom stereocenters. The number of nitrogens with zero attached hydrogens (tertiary/aromatic N) is 3. The van der Waals surface area contributed by atoms with Crippen molar-refractivity contribution in [3.8, 4) is 5.75 Å². The number of amides is 1. The minimum Gasteiger partial charge on any atom is -0.496 e. The normalized spacial score (nSPS) is 23.3. The first-order valence-electron chi connectivity index (χ1n) is 8.33. The molecule has 0 bridgehead atoms. The molecule has 1 amide bonds. The number of fused-ring (bicyclic) bond motifs is 1. The number of hydrogen-bond donors (Lipinski definition) is 1. The van der Waals surface area contributed by atoms with Gasteiger partial charge in [0.2, 0.25) is 0 Å². The molecule has 7 nitrogen and oxygen atoms in total. The molecule has 7 heteroatoms. The fraction of sp³-hybridized carbons (Fsp3) is 0.647. The molecule has 1 aromatic rings. The van der Waals surface area contributed by atoms with Crippen molar-refractivity contribution in [3.05, 3.63) is 12.1 Å². The largest absolute Gasteiger partial charge is 0.496 e. The minimum atomic E-state index is -0.475. The summed E-state index contributed by atoms with van der Waals surface area (Å²) in [5.74, 6) is 2.38. The third-order valence-corrected chi connectivity index (χ3v) is 4.53. The summed E-state index contributed by atoms with van der Waals surface area (Å²) in [6.07, 6.45) is 0.790. The first-order valence-corrected chi connectivity index (χ1v) is 8.33. The monoisotopic (exact) mass is 334 g/mol. The van der Waals surface area contributed by atoms with E-state index in [-0.39, 0.29) is 12.1 Å². The molecule has 3 heterocycles. The fourth-order valence-corrected chi connectivity index (χ4v) is 3.50. The standard InChI is InChI=1S/C17H26N4O3/c1-17(2,3)24-16(22)20-9-11-5-6-21(13(11)10-20)15-8-12(23-4)7-14(18)19-15/h7-8,11,13H,5-6,9-10H2,1-4H3,(H2,18,19). The summed E-state index contributed by atoms with van der Waals surface area (Å²) in [6, 6.07) is 3.85. The van der Waals surface area contributed by atoms with Crippen LogP contribution in [0, 0.1) is 5.92 Å². The molecular weight excluding hydrogens is 308 g/mol. The van der Waals surface area contributed by atoms with Gasteiger partial charge in [-0.15, -0.1) is 0 Å². The molecule has 0 radical (unpaired) electrons. The number of aromatic nitrogens is 1. The molecule has 1 aromatic heterocycles. The Bertz CT molecular complexity index is 629. The summed E-state index contributed by atoms with van der Waals surface area (Å²) in [5.41, 5.74) is 5.41. The van der Waals surface area contributed by atoms with Crippen LogP contribution in [0.15, 0.2) is 12.1 Å². The van der Waals surface area contributed by atoms with Crippen LogP contribution < -0.4 is 15.4 Å². The van der Waals surface area contributed by atoms with Crippen LogP contribution in [0.3, 0.4) is 0 Å². The third kappa shape index (κ3) is 3.34. The van der Waals surface area contributed by atoms with Gasteiger partial charge in [0.25, 0.3) is 0 Å². The van der Waals surface area contributed by atoms with E-state index in [4.69, 9.17) is 15.2 Å². The summed E-state index contributed by atoms with van der Waals surface area (Å²) < 4.78 is 10.8. The Morgan fingerprint density at radius 3 is 2.75 bits per heavy atom. The number of anilines is 2. The van der Waals surface area contributed by atoms with Crippen LogP contribution in [-0.2, 0) is 4.74 Å². The lowest BCUT2D eigenvalue weighted by atomic mass is 10.1. The number of pyridine rings is 1. The highest BCUT2D eigenvalue weighted by Gasteiger charge is 2.44. The SMILES string of the molecule is COc1cc(N)nc(N2CCC3CN(C(=O)OC(C)(C)C)CC32)c1. The van der Waals surface area contributed by atoms with E-state index in [1.807, 2.05) is 26.8 Å². The van der Waals surface area contributed by atoms with E-state index in [2.05, 4.69) is 9.88 Å². The van der Waals surface area contributed by atoms with Crippen LogP contribution in [0.1, 0.15) is 27.2 Å². The molecule has 2 unspecified atom stereocenters. The van der Waals surface area contributed by atoms with E-state index in [1.165, 1.54) is 0 Å². The average Bonchev–Trinajstić information content (AvgIpc) is 3.04. The highest BCUT2D eigenvalue weighted by Crippen LogP contribution is 2.36. The highest BCUT2D eigenvalue weighted by atomic mass is 16.6. The molecule has 2 aliphatic rings. The van der Waals surface area contributed by atoms with Gasteiger partial charge in [-0.2, -0.15) is 0 Å². The maximum atomic E-state index is 12.3. The van der Waals surface area contributed by atoms with Crippen molar-refractivity contribution in [1.29, 1.82) is 0 Å². The molecule has 0 aromatic carbocycles. The Morgan fingerprint density at radius 2 is 2.08 bits per heavy atom. The summed E-state index contributed by atoms with van der Waals surface area (Å²) in [5, 5.41) is 0. The van der Waals surface area contributed by atoms with Gasteiger partial charge in [0.1, 0.15) is 23.0 Å². The van der Waals surface area contributed by atoms with E-state index in [9.17, 15) is 4.79 Å². The number of hydrogen-bond acceptors (Lipinski definition) is 6. The van der Waals surface area contributed by atoms with Crippen molar-refractivity contribution in [1.82, 2.24) is 9.88 Å². The molecule has 132 valence electrons. The van der Waals surface area contributed by atoms with Gasteiger partial charge in [0.05, 0.1) is 13.2 Å². The number of rotatable bonds is 2. The second-order valence-corrected chi connectivity index (χ2v) is 7.48. The summed E-state index contributed by atoms with van der Waals surface area (Å²) in [4.78, 5) is 20.8. The van der Waals surface area contributed by atoms with Crippen LogP contribution in [0.4, 0.5) is 16.4 Å². The van der Waals surface area contributed by atoms with Gasteiger partial charge in [-0.05, 0) is 27.2 Å². The molecule has 2 aliphatic heterocycles. The fourth-order valence-electron chi connectivity index (χ4n) is 3.50. The molecule has 2 fully saturated rings. The van der Waals surface area contributed by atoms with Crippen molar-refractivity contribution in [3.63, 3.8) is 0 Å². The quantitative estimate of drug-likeness (QED) is 0.892. The molecule has 0 aliphatic carbocycles. The van der Waals surface area contributed by atoms with Crippen molar-refractivity contribution in [2.24, 2.45) is 5.92 Å². The maximum absolute atomic E-state index is 12.3. The molecule has 2 saturated heterocycles. The Morgan fingerprint density at radius 1 is 1.33 bits per heavy atom. The lowest BCUT2D eigenvalue weighted by molar-refractivity contribution is 0.0284. The van der Waals surface area contributed by atoms with Crippen molar-refractivity contribution in [2.45, 2.75) is 38.8 Å². The number of nitrogens with two attached hydrogens (primary N) is 1. The first-order chi connectivity index (χ1) is 11.3. The molecule has 24 heavy (non-hydrogen) atoms. The Balaban J connectivity index is 1.74. The Hall–Kier alpha value is -2.18. The highest BCUT2D eigenvalue weighted by molar-refractivity contribution is 5.69. The van der Waals surface area contributed by atoms with Crippen molar-refractivity contribution in [2.75, 3.05) is 37.4 Å². The van der Waals surface area contributed by atoms with E-state index < -0.39 is 5.60 Å². The lowest BCUT2D eigenvalue weighted by Crippen LogP contribution is -2.39. The van der Waals surface area contributed by atoms with E-state index >= 15 is 0 Å². The topological polar surface area (TPSA) is 80.9 Å². The zero-order chi connectivity index (χ0) is 17.5. The second kappa shape index (κ2) is 6.03. The van der Waals surface area contributed by atoms with Crippen LogP contribution in [-0.4, -0.2) is 54.4 Å². The number of ether oxygens (including phenoxy) is 2.